The van der Waals surface area contributed by atoms with E-state index < -0.39 is 5.67 Å². The summed E-state index contributed by atoms with van der Waals surface area (Å²) in [6, 6.07) is 0. The SMILES string of the molecule is CCCC(C)/C=C/CC1(F)CCCc2nc(C)n(C)c2CCC1. The Morgan fingerprint density at radius 1 is 1.30 bits per heavy atom. The van der Waals surface area contributed by atoms with E-state index in [1.165, 1.54) is 24.2 Å². The number of alkyl halides is 1. The summed E-state index contributed by atoms with van der Waals surface area (Å²) in [6.07, 6.45) is 12.3. The maximum Gasteiger partial charge on any atom is 0.114 e. The van der Waals surface area contributed by atoms with Crippen molar-refractivity contribution in [3.63, 3.8) is 0 Å². The molecule has 2 rings (SSSR count). The van der Waals surface area contributed by atoms with Crippen molar-refractivity contribution in [2.24, 2.45) is 13.0 Å². The van der Waals surface area contributed by atoms with Gasteiger partial charge >= 0.3 is 0 Å². The van der Waals surface area contributed by atoms with Crippen LogP contribution in [0, 0.1) is 12.8 Å². The summed E-state index contributed by atoms with van der Waals surface area (Å²) in [4.78, 5) is 4.67. The predicted molar refractivity (Wildman–Crippen MR) is 95.5 cm³/mol. The van der Waals surface area contributed by atoms with E-state index in [0.717, 1.165) is 31.5 Å². The minimum Gasteiger partial charge on any atom is -0.335 e. The van der Waals surface area contributed by atoms with E-state index in [9.17, 15) is 0 Å². The standard InChI is InChI=1S/C20H33FN2/c1-5-9-16(2)10-6-13-20(21)14-7-11-18-19(12-8-15-20)23(4)17(3)22-18/h6,10,16H,5,7-9,11-15H2,1-4H3/b10-6+. The summed E-state index contributed by atoms with van der Waals surface area (Å²) < 4.78 is 17.4. The molecule has 2 atom stereocenters. The van der Waals surface area contributed by atoms with Crippen LogP contribution in [-0.2, 0) is 19.9 Å². The van der Waals surface area contributed by atoms with Crippen molar-refractivity contribution in [3.8, 4) is 0 Å². The molecule has 130 valence electrons. The van der Waals surface area contributed by atoms with Crippen LogP contribution in [0.5, 0.6) is 0 Å². The van der Waals surface area contributed by atoms with E-state index in [2.05, 4.69) is 49.5 Å². The minimum absolute atomic E-state index is 0.566. The molecule has 0 aliphatic heterocycles. The Balaban J connectivity index is 1.96. The molecule has 1 aliphatic carbocycles. The van der Waals surface area contributed by atoms with Gasteiger partial charge in [-0.25, -0.2) is 9.37 Å². The maximum absolute atomic E-state index is 15.3. The van der Waals surface area contributed by atoms with Gasteiger partial charge in [0.2, 0.25) is 0 Å². The number of allylic oxidation sites excluding steroid dienone is 2. The molecule has 0 amide bonds. The molecule has 1 heterocycles. The van der Waals surface area contributed by atoms with Gasteiger partial charge in [-0.05, 0) is 64.2 Å². The summed E-state index contributed by atoms with van der Waals surface area (Å²) in [5.41, 5.74) is 1.49. The molecule has 0 saturated heterocycles. The molecule has 0 N–H and O–H groups in total. The zero-order valence-electron chi connectivity index (χ0n) is 15.4. The van der Waals surface area contributed by atoms with Crippen molar-refractivity contribution >= 4 is 0 Å². The molecule has 0 aromatic carbocycles. The fourth-order valence-corrected chi connectivity index (χ4v) is 3.77. The molecule has 23 heavy (non-hydrogen) atoms. The zero-order chi connectivity index (χ0) is 16.9. The normalized spacial score (nSPS) is 24.0. The summed E-state index contributed by atoms with van der Waals surface area (Å²) in [6.45, 7) is 6.48. The molecule has 0 saturated carbocycles. The van der Waals surface area contributed by atoms with Crippen molar-refractivity contribution in [3.05, 3.63) is 29.4 Å². The molecule has 0 spiro atoms. The van der Waals surface area contributed by atoms with Gasteiger partial charge in [-0.1, -0.05) is 32.4 Å². The van der Waals surface area contributed by atoms with Crippen LogP contribution in [0.15, 0.2) is 12.2 Å². The number of rotatable bonds is 5. The summed E-state index contributed by atoms with van der Waals surface area (Å²) in [5, 5.41) is 0. The van der Waals surface area contributed by atoms with E-state index >= 15 is 4.39 Å². The number of halogens is 1. The first-order valence-electron chi connectivity index (χ1n) is 9.32. The number of aryl methyl sites for hydroxylation is 2. The number of hydrogen-bond donors (Lipinski definition) is 0. The molecule has 2 unspecified atom stereocenters. The number of nitrogens with zero attached hydrogens (tertiary/aromatic N) is 2. The van der Waals surface area contributed by atoms with E-state index in [1.54, 1.807) is 0 Å². The second kappa shape index (κ2) is 8.12. The first kappa shape index (κ1) is 18.2. The van der Waals surface area contributed by atoms with Gasteiger partial charge in [0.1, 0.15) is 11.5 Å². The highest BCUT2D eigenvalue weighted by Gasteiger charge is 2.29. The second-order valence-corrected chi connectivity index (χ2v) is 7.37. The maximum atomic E-state index is 15.3. The summed E-state index contributed by atoms with van der Waals surface area (Å²) in [7, 11) is 2.08. The second-order valence-electron chi connectivity index (χ2n) is 7.37. The van der Waals surface area contributed by atoms with Crippen LogP contribution < -0.4 is 0 Å². The highest BCUT2D eigenvalue weighted by Crippen LogP contribution is 2.33. The monoisotopic (exact) mass is 320 g/mol. The molecular formula is C20H33FN2. The van der Waals surface area contributed by atoms with Gasteiger partial charge in [0, 0.05) is 12.7 Å². The first-order valence-corrected chi connectivity index (χ1v) is 9.32. The Bertz CT molecular complexity index is 532. The van der Waals surface area contributed by atoms with E-state index in [0.29, 0.717) is 25.2 Å². The summed E-state index contributed by atoms with van der Waals surface area (Å²) >= 11 is 0. The molecule has 1 aromatic heterocycles. The third-order valence-corrected chi connectivity index (χ3v) is 5.29. The van der Waals surface area contributed by atoms with Crippen molar-refractivity contribution in [2.75, 3.05) is 0 Å². The first-order chi connectivity index (χ1) is 10.9. The third kappa shape index (κ3) is 4.92. The lowest BCUT2D eigenvalue weighted by Gasteiger charge is -2.23. The third-order valence-electron chi connectivity index (χ3n) is 5.29. The Morgan fingerprint density at radius 3 is 2.70 bits per heavy atom. The van der Waals surface area contributed by atoms with E-state index in [-0.39, 0.29) is 0 Å². The molecular weight excluding hydrogens is 287 g/mol. The molecule has 0 bridgehead atoms. The van der Waals surface area contributed by atoms with Crippen LogP contribution in [0.2, 0.25) is 0 Å². The van der Waals surface area contributed by atoms with Gasteiger partial charge < -0.3 is 4.57 Å². The lowest BCUT2D eigenvalue weighted by atomic mass is 9.89. The molecule has 3 heteroatoms. The Labute approximate surface area is 141 Å². The van der Waals surface area contributed by atoms with Gasteiger partial charge in [-0.3, -0.25) is 0 Å². The quantitative estimate of drug-likeness (QED) is 0.657. The van der Waals surface area contributed by atoms with E-state index in [1.807, 2.05) is 0 Å². The predicted octanol–water partition coefficient (Wildman–Crippen LogP) is 5.48. The fraction of sp³-hybridized carbons (Fsp3) is 0.750. The van der Waals surface area contributed by atoms with Gasteiger partial charge in [0.25, 0.3) is 0 Å². The highest BCUT2D eigenvalue weighted by atomic mass is 19.1. The van der Waals surface area contributed by atoms with Crippen LogP contribution >= 0.6 is 0 Å². The van der Waals surface area contributed by atoms with Crippen molar-refractivity contribution in [2.45, 2.75) is 84.2 Å². The van der Waals surface area contributed by atoms with Crippen LogP contribution in [-0.4, -0.2) is 15.2 Å². The zero-order valence-corrected chi connectivity index (χ0v) is 15.4. The highest BCUT2D eigenvalue weighted by molar-refractivity contribution is 5.18. The molecule has 2 nitrogen and oxygen atoms in total. The smallest absolute Gasteiger partial charge is 0.114 e. The van der Waals surface area contributed by atoms with Gasteiger partial charge in [0.15, 0.2) is 0 Å². The van der Waals surface area contributed by atoms with Gasteiger partial charge in [-0.15, -0.1) is 0 Å². The average Bonchev–Trinajstić information content (AvgIpc) is 2.78. The van der Waals surface area contributed by atoms with Crippen LogP contribution in [0.4, 0.5) is 4.39 Å². The topological polar surface area (TPSA) is 17.8 Å². The number of fused-ring (bicyclic) bond motifs is 1. The number of aromatic nitrogens is 2. The van der Waals surface area contributed by atoms with Crippen LogP contribution in [0.3, 0.4) is 0 Å². The number of hydrogen-bond acceptors (Lipinski definition) is 1. The Morgan fingerprint density at radius 2 is 2.00 bits per heavy atom. The van der Waals surface area contributed by atoms with Crippen molar-refractivity contribution in [1.29, 1.82) is 0 Å². The van der Waals surface area contributed by atoms with E-state index in [4.69, 9.17) is 0 Å². The van der Waals surface area contributed by atoms with Crippen LogP contribution in [0.25, 0.3) is 0 Å². The Hall–Kier alpha value is -1.12. The van der Waals surface area contributed by atoms with Crippen molar-refractivity contribution < 1.29 is 4.39 Å². The lowest BCUT2D eigenvalue weighted by molar-refractivity contribution is 0.134. The largest absolute Gasteiger partial charge is 0.335 e. The van der Waals surface area contributed by atoms with Crippen LogP contribution in [0.1, 0.15) is 76.0 Å². The van der Waals surface area contributed by atoms with Gasteiger partial charge in [-0.2, -0.15) is 0 Å². The van der Waals surface area contributed by atoms with Crippen molar-refractivity contribution in [1.82, 2.24) is 9.55 Å². The molecule has 1 aliphatic rings. The fourth-order valence-electron chi connectivity index (χ4n) is 3.77. The molecule has 0 radical (unpaired) electrons. The lowest BCUT2D eigenvalue weighted by Crippen LogP contribution is -2.22. The molecule has 0 fully saturated rings. The minimum atomic E-state index is -1.03. The number of imidazole rings is 1. The Kier molecular flexibility index (Phi) is 6.43. The van der Waals surface area contributed by atoms with Gasteiger partial charge in [0.05, 0.1) is 5.69 Å². The summed E-state index contributed by atoms with van der Waals surface area (Å²) in [5.74, 6) is 1.64. The molecule has 1 aromatic rings. The average molecular weight is 320 g/mol.